The van der Waals surface area contributed by atoms with E-state index in [0.717, 1.165) is 17.5 Å². The number of rotatable bonds is 8. The first-order valence-corrected chi connectivity index (χ1v) is 11.0. The molecule has 3 aromatic carbocycles. The lowest BCUT2D eigenvalue weighted by atomic mass is 10.00. The maximum Gasteiger partial charge on any atom is 0.266 e. The van der Waals surface area contributed by atoms with E-state index in [2.05, 4.69) is 17.3 Å². The zero-order valence-corrected chi connectivity index (χ0v) is 18.9. The molecule has 1 aliphatic rings. The summed E-state index contributed by atoms with van der Waals surface area (Å²) >= 11 is 0. The van der Waals surface area contributed by atoms with Gasteiger partial charge in [-0.25, -0.2) is 0 Å². The van der Waals surface area contributed by atoms with Crippen molar-refractivity contribution < 1.29 is 19.1 Å². The second-order valence-electron chi connectivity index (χ2n) is 7.95. The van der Waals surface area contributed by atoms with E-state index in [9.17, 15) is 4.79 Å². The summed E-state index contributed by atoms with van der Waals surface area (Å²) in [5.41, 5.74) is 4.34. The minimum Gasteiger partial charge on any atom is -0.493 e. The Morgan fingerprint density at radius 2 is 1.79 bits per heavy atom. The minimum atomic E-state index is -0.668. The highest BCUT2D eigenvalue weighted by Crippen LogP contribution is 2.28. The van der Waals surface area contributed by atoms with Crippen molar-refractivity contribution in [3.63, 3.8) is 0 Å². The fourth-order valence-corrected chi connectivity index (χ4v) is 3.79. The lowest BCUT2D eigenvalue weighted by molar-refractivity contribution is -0.143. The van der Waals surface area contributed by atoms with E-state index in [4.69, 9.17) is 14.3 Å². The van der Waals surface area contributed by atoms with Crippen molar-refractivity contribution in [3.05, 3.63) is 95.1 Å². The summed E-state index contributed by atoms with van der Waals surface area (Å²) in [5.74, 6) is 1.18. The van der Waals surface area contributed by atoms with Crippen LogP contribution in [0.3, 0.4) is 0 Å². The third-order valence-corrected chi connectivity index (χ3v) is 5.64. The maximum atomic E-state index is 12.8. The summed E-state index contributed by atoms with van der Waals surface area (Å²) < 4.78 is 11.3. The summed E-state index contributed by atoms with van der Waals surface area (Å²) in [6.07, 6.45) is 1.76. The topological polar surface area (TPSA) is 60.4 Å². The molecule has 33 heavy (non-hydrogen) atoms. The van der Waals surface area contributed by atoms with Crippen molar-refractivity contribution in [2.45, 2.75) is 32.6 Å². The lowest BCUT2D eigenvalue weighted by Crippen LogP contribution is -2.41. The molecule has 1 unspecified atom stereocenters. The Morgan fingerprint density at radius 1 is 1.03 bits per heavy atom. The van der Waals surface area contributed by atoms with Gasteiger partial charge in [0.05, 0.1) is 13.3 Å². The smallest absolute Gasteiger partial charge is 0.266 e. The van der Waals surface area contributed by atoms with Crippen molar-refractivity contribution in [1.82, 2.24) is 4.90 Å². The standard InChI is InChI=1S/C27H28N2O4/c1-20(27(30)29-15-14-23-10-6-7-11-24(23)18-29)33-28-17-22-12-13-25(31-2)26(16-22)32-19-21-8-4-3-5-9-21/h3-13,16-17,20H,14-15,18-19H2,1-2H3. The van der Waals surface area contributed by atoms with Gasteiger partial charge in [-0.1, -0.05) is 59.8 Å². The highest BCUT2D eigenvalue weighted by Gasteiger charge is 2.25. The van der Waals surface area contributed by atoms with E-state index < -0.39 is 6.10 Å². The van der Waals surface area contributed by atoms with Gasteiger partial charge in [-0.05, 0) is 48.2 Å². The van der Waals surface area contributed by atoms with E-state index in [1.807, 2.05) is 65.6 Å². The third-order valence-electron chi connectivity index (χ3n) is 5.64. The van der Waals surface area contributed by atoms with Crippen molar-refractivity contribution in [1.29, 1.82) is 0 Å². The first-order valence-electron chi connectivity index (χ1n) is 11.0. The van der Waals surface area contributed by atoms with Crippen LogP contribution in [-0.4, -0.2) is 36.8 Å². The van der Waals surface area contributed by atoms with Crippen LogP contribution in [-0.2, 0) is 29.2 Å². The average Bonchev–Trinajstić information content (AvgIpc) is 2.87. The van der Waals surface area contributed by atoms with Crippen LogP contribution >= 0.6 is 0 Å². The number of nitrogens with zero attached hydrogens (tertiary/aromatic N) is 2. The summed E-state index contributed by atoms with van der Waals surface area (Å²) in [7, 11) is 1.61. The van der Waals surface area contributed by atoms with Crippen LogP contribution in [0.25, 0.3) is 0 Å². The highest BCUT2D eigenvalue weighted by molar-refractivity contribution is 5.82. The van der Waals surface area contributed by atoms with Gasteiger partial charge in [-0.3, -0.25) is 4.79 Å². The van der Waals surface area contributed by atoms with E-state index in [-0.39, 0.29) is 5.91 Å². The third kappa shape index (κ3) is 5.71. The number of methoxy groups -OCH3 is 1. The summed E-state index contributed by atoms with van der Waals surface area (Å²) in [6.45, 7) is 3.45. The zero-order valence-electron chi connectivity index (χ0n) is 18.9. The molecule has 0 radical (unpaired) electrons. The van der Waals surface area contributed by atoms with E-state index in [1.54, 1.807) is 20.2 Å². The molecule has 6 heteroatoms. The Kier molecular flexibility index (Phi) is 7.25. The number of carbonyl (C=O) groups is 1. The molecule has 6 nitrogen and oxygen atoms in total. The van der Waals surface area contributed by atoms with E-state index in [1.165, 1.54) is 11.1 Å². The van der Waals surface area contributed by atoms with Crippen LogP contribution < -0.4 is 9.47 Å². The summed E-state index contributed by atoms with van der Waals surface area (Å²) in [6, 6.07) is 23.7. The molecule has 1 heterocycles. The monoisotopic (exact) mass is 444 g/mol. The van der Waals surface area contributed by atoms with Crippen molar-refractivity contribution in [3.8, 4) is 11.5 Å². The van der Waals surface area contributed by atoms with Gasteiger partial charge < -0.3 is 19.2 Å². The molecule has 0 saturated carbocycles. The Bertz CT molecular complexity index is 1110. The van der Waals surface area contributed by atoms with Gasteiger partial charge in [0, 0.05) is 18.7 Å². The molecule has 3 aromatic rings. The number of amides is 1. The van der Waals surface area contributed by atoms with Crippen LogP contribution in [0.4, 0.5) is 0 Å². The average molecular weight is 445 g/mol. The molecule has 4 rings (SSSR count). The van der Waals surface area contributed by atoms with Crippen LogP contribution in [0.1, 0.15) is 29.2 Å². The van der Waals surface area contributed by atoms with Gasteiger partial charge in [0.25, 0.3) is 5.91 Å². The lowest BCUT2D eigenvalue weighted by Gasteiger charge is -2.30. The molecule has 1 amide bonds. The molecule has 1 atom stereocenters. The molecule has 0 saturated heterocycles. The van der Waals surface area contributed by atoms with Crippen LogP contribution in [0.2, 0.25) is 0 Å². The molecule has 0 bridgehead atoms. The van der Waals surface area contributed by atoms with E-state index >= 15 is 0 Å². The van der Waals surface area contributed by atoms with Gasteiger partial charge in [0.1, 0.15) is 6.61 Å². The Hall–Kier alpha value is -3.80. The van der Waals surface area contributed by atoms with Gasteiger partial charge in [0.2, 0.25) is 6.10 Å². The maximum absolute atomic E-state index is 12.8. The van der Waals surface area contributed by atoms with Crippen LogP contribution in [0.5, 0.6) is 11.5 Å². The highest BCUT2D eigenvalue weighted by atomic mass is 16.6. The Labute approximate surface area is 194 Å². The van der Waals surface area contributed by atoms with Crippen molar-refractivity contribution >= 4 is 12.1 Å². The van der Waals surface area contributed by atoms with Gasteiger partial charge in [-0.15, -0.1) is 0 Å². The predicted octanol–water partition coefficient (Wildman–Crippen LogP) is 4.60. The fourth-order valence-electron chi connectivity index (χ4n) is 3.79. The van der Waals surface area contributed by atoms with Gasteiger partial charge >= 0.3 is 0 Å². The number of oxime groups is 1. The quantitative estimate of drug-likeness (QED) is 0.376. The minimum absolute atomic E-state index is 0.0664. The molecule has 0 aliphatic carbocycles. The number of carbonyl (C=O) groups excluding carboxylic acids is 1. The number of hydrogen-bond donors (Lipinski definition) is 0. The molecule has 0 fully saturated rings. The van der Waals surface area contributed by atoms with Crippen LogP contribution in [0, 0.1) is 0 Å². The fraction of sp³-hybridized carbons (Fsp3) is 0.259. The molecule has 0 spiro atoms. The van der Waals surface area contributed by atoms with Gasteiger partial charge in [-0.2, -0.15) is 0 Å². The van der Waals surface area contributed by atoms with Crippen molar-refractivity contribution in [2.75, 3.05) is 13.7 Å². The molecular weight excluding hydrogens is 416 g/mol. The van der Waals surface area contributed by atoms with Gasteiger partial charge in [0.15, 0.2) is 11.5 Å². The second-order valence-corrected chi connectivity index (χ2v) is 7.95. The number of fused-ring (bicyclic) bond motifs is 1. The first-order chi connectivity index (χ1) is 16.1. The number of benzene rings is 3. The SMILES string of the molecule is COc1ccc(C=NOC(C)C(=O)N2CCc3ccccc3C2)cc1OCc1ccccc1. The molecule has 0 aromatic heterocycles. The largest absolute Gasteiger partial charge is 0.493 e. The van der Waals surface area contributed by atoms with E-state index in [0.29, 0.717) is 31.2 Å². The molecule has 1 aliphatic heterocycles. The number of hydrogen-bond acceptors (Lipinski definition) is 5. The predicted molar refractivity (Wildman–Crippen MR) is 127 cm³/mol. The normalized spacial score (nSPS) is 13.9. The first kappa shape index (κ1) is 22.4. The van der Waals surface area contributed by atoms with Crippen LogP contribution in [0.15, 0.2) is 78.0 Å². The number of ether oxygens (including phenoxy) is 2. The summed E-state index contributed by atoms with van der Waals surface area (Å²) in [4.78, 5) is 20.1. The second kappa shape index (κ2) is 10.7. The molecule has 170 valence electrons. The zero-order chi connectivity index (χ0) is 23.0. The Balaban J connectivity index is 1.35. The summed E-state index contributed by atoms with van der Waals surface area (Å²) in [5, 5.41) is 4.05. The molecule has 0 N–H and O–H groups in total. The van der Waals surface area contributed by atoms with Crippen molar-refractivity contribution in [2.24, 2.45) is 5.16 Å². The molecular formula is C27H28N2O4. The Morgan fingerprint density at radius 3 is 2.58 bits per heavy atom.